The Morgan fingerprint density at radius 3 is 2.50 bits per heavy atom. The van der Waals surface area contributed by atoms with Crippen molar-refractivity contribution in [3.63, 3.8) is 0 Å². The summed E-state index contributed by atoms with van der Waals surface area (Å²) in [7, 11) is -3.30. The fourth-order valence-corrected chi connectivity index (χ4v) is 5.03. The first-order valence-electron chi connectivity index (χ1n) is 11.3. The number of pyridine rings is 1. The number of thiol groups is 1. The van der Waals surface area contributed by atoms with Gasteiger partial charge in [0.05, 0.1) is 11.3 Å². The van der Waals surface area contributed by atoms with Gasteiger partial charge in [-0.3, -0.25) is 9.78 Å². The van der Waals surface area contributed by atoms with Crippen molar-refractivity contribution >= 4 is 33.7 Å². The van der Waals surface area contributed by atoms with Crippen molar-refractivity contribution in [2.75, 3.05) is 4.31 Å². The Balaban J connectivity index is 1.35. The lowest BCUT2D eigenvalue weighted by molar-refractivity contribution is -0.137. The van der Waals surface area contributed by atoms with Crippen LogP contribution in [0.2, 0.25) is 0 Å². The number of nitrogens with one attached hydrogen (secondary N) is 1. The van der Waals surface area contributed by atoms with Crippen LogP contribution < -0.4 is 9.62 Å². The monoisotopic (exact) mass is 549 g/mol. The Kier molecular flexibility index (Phi) is 6.25. The summed E-state index contributed by atoms with van der Waals surface area (Å²) in [6.45, 7) is -0.0662. The van der Waals surface area contributed by atoms with E-state index < -0.39 is 39.9 Å². The summed E-state index contributed by atoms with van der Waals surface area (Å²) in [5, 5.41) is 13.2. The maximum absolute atomic E-state index is 13.6. The molecule has 2 aromatic carbocycles. The Labute approximate surface area is 214 Å². The minimum absolute atomic E-state index is 0.0662. The topological polar surface area (TPSA) is 113 Å². The van der Waals surface area contributed by atoms with Crippen molar-refractivity contribution < 1.29 is 40.3 Å². The van der Waals surface area contributed by atoms with Gasteiger partial charge in [0.15, 0.2) is 0 Å². The summed E-state index contributed by atoms with van der Waals surface area (Å²) in [5.41, 5.74) is -1.36. The maximum atomic E-state index is 13.6. The summed E-state index contributed by atoms with van der Waals surface area (Å²) in [5.74, 6) is -1.45. The van der Waals surface area contributed by atoms with Gasteiger partial charge in [-0.2, -0.15) is 13.2 Å². The number of phenolic OH excluding ortho intramolecular Hbond substituents is 1. The molecule has 0 spiro atoms. The molecule has 2 N–H and O–H groups in total. The van der Waals surface area contributed by atoms with Crippen LogP contribution in [0.3, 0.4) is 0 Å². The van der Waals surface area contributed by atoms with Gasteiger partial charge in [-0.25, -0.2) is 17.1 Å². The molecule has 2 heterocycles. The van der Waals surface area contributed by atoms with E-state index in [-0.39, 0.29) is 47.9 Å². The van der Waals surface area contributed by atoms with Gasteiger partial charge in [0.25, 0.3) is 0 Å². The Hall–Kier alpha value is -4.13. The zero-order valence-corrected chi connectivity index (χ0v) is 20.2. The number of alkyl halides is 3. The third-order valence-electron chi connectivity index (χ3n) is 6.27. The highest BCUT2D eigenvalue weighted by molar-refractivity contribution is 7.74. The van der Waals surface area contributed by atoms with E-state index in [9.17, 15) is 35.9 Å². The molecule has 0 unspecified atom stereocenters. The standard InChI is InChI=1S/C25H19F4N3O5S/c26-17-3-6-21-15(10-17)11-22(37-21)32(38(35)36)24(7-8-24)23(34)31-12-14-1-5-20(33)18(9-14)19-4-2-16(13-30-19)25(27,28)29/h1-6,9-11,13,33,38H,7-8,12H2,(H,31,34). The largest absolute Gasteiger partial charge is 0.507 e. The number of hydrogen-bond donors (Lipinski definition) is 3. The van der Waals surface area contributed by atoms with E-state index in [1.165, 1.54) is 42.5 Å². The van der Waals surface area contributed by atoms with Crippen LogP contribution in [0.15, 0.2) is 65.2 Å². The lowest BCUT2D eigenvalue weighted by Crippen LogP contribution is -2.48. The van der Waals surface area contributed by atoms with Crippen LogP contribution in [0.25, 0.3) is 22.2 Å². The van der Waals surface area contributed by atoms with E-state index >= 15 is 0 Å². The first kappa shape index (κ1) is 25.5. The molecular formula is C25H19F4N3O5S. The van der Waals surface area contributed by atoms with Crippen LogP contribution in [0, 0.1) is 5.82 Å². The average Bonchev–Trinajstić information content (AvgIpc) is 3.55. The number of halogens is 4. The van der Waals surface area contributed by atoms with Gasteiger partial charge in [0, 0.05) is 29.8 Å². The molecule has 13 heteroatoms. The number of anilines is 1. The van der Waals surface area contributed by atoms with Crippen LogP contribution >= 0.6 is 0 Å². The van der Waals surface area contributed by atoms with E-state index in [0.29, 0.717) is 17.1 Å². The van der Waals surface area contributed by atoms with Gasteiger partial charge >= 0.3 is 6.18 Å². The first-order chi connectivity index (χ1) is 18.0. The summed E-state index contributed by atoms with van der Waals surface area (Å²) in [6, 6.07) is 11.3. The number of amides is 1. The molecule has 198 valence electrons. The van der Waals surface area contributed by atoms with E-state index in [4.69, 9.17) is 4.42 Å². The number of carbonyl (C=O) groups excluding carboxylic acids is 1. The lowest BCUT2D eigenvalue weighted by Gasteiger charge is -2.25. The molecule has 8 nitrogen and oxygen atoms in total. The molecule has 2 aromatic heterocycles. The molecule has 1 aliphatic rings. The van der Waals surface area contributed by atoms with Crippen LogP contribution in [-0.2, 0) is 28.4 Å². The number of aromatic hydroxyl groups is 1. The number of aromatic nitrogens is 1. The van der Waals surface area contributed by atoms with E-state index in [1.807, 2.05) is 0 Å². The zero-order chi connectivity index (χ0) is 27.2. The smallest absolute Gasteiger partial charge is 0.417 e. The molecule has 1 fully saturated rings. The molecule has 0 bridgehead atoms. The van der Waals surface area contributed by atoms with Gasteiger partial charge in [0.2, 0.25) is 22.7 Å². The van der Waals surface area contributed by atoms with Crippen molar-refractivity contribution in [3.8, 4) is 17.0 Å². The van der Waals surface area contributed by atoms with Crippen molar-refractivity contribution in [2.24, 2.45) is 0 Å². The van der Waals surface area contributed by atoms with E-state index in [1.54, 1.807) is 0 Å². The molecule has 5 rings (SSSR count). The minimum atomic E-state index is -4.56. The van der Waals surface area contributed by atoms with Gasteiger partial charge in [-0.05, 0) is 60.9 Å². The van der Waals surface area contributed by atoms with Gasteiger partial charge in [0.1, 0.15) is 22.7 Å². The number of rotatable bonds is 7. The Bertz CT molecular complexity index is 1600. The number of nitrogens with zero attached hydrogens (tertiary/aromatic N) is 2. The van der Waals surface area contributed by atoms with Crippen LogP contribution in [0.5, 0.6) is 5.75 Å². The summed E-state index contributed by atoms with van der Waals surface area (Å²) >= 11 is 0. The molecular weight excluding hydrogens is 530 g/mol. The van der Waals surface area contributed by atoms with Crippen molar-refractivity contribution in [1.29, 1.82) is 0 Å². The fraction of sp³-hybridized carbons (Fsp3) is 0.200. The second-order valence-corrected chi connectivity index (χ2v) is 9.69. The Morgan fingerprint density at radius 1 is 1.11 bits per heavy atom. The predicted molar refractivity (Wildman–Crippen MR) is 129 cm³/mol. The number of phenols is 1. The maximum Gasteiger partial charge on any atom is 0.417 e. The van der Waals surface area contributed by atoms with Crippen molar-refractivity contribution in [3.05, 3.63) is 77.7 Å². The van der Waals surface area contributed by atoms with Crippen molar-refractivity contribution in [2.45, 2.75) is 31.1 Å². The highest BCUT2D eigenvalue weighted by atomic mass is 32.2. The quantitative estimate of drug-likeness (QED) is 0.231. The summed E-state index contributed by atoms with van der Waals surface area (Å²) < 4.78 is 82.9. The minimum Gasteiger partial charge on any atom is -0.507 e. The summed E-state index contributed by atoms with van der Waals surface area (Å²) in [4.78, 5) is 16.9. The van der Waals surface area contributed by atoms with Crippen LogP contribution in [0.4, 0.5) is 23.4 Å². The van der Waals surface area contributed by atoms with Gasteiger partial charge in [-0.15, -0.1) is 0 Å². The second kappa shape index (κ2) is 9.31. The fourth-order valence-electron chi connectivity index (χ4n) is 4.17. The third-order valence-corrected chi connectivity index (χ3v) is 7.18. The normalized spacial score (nSPS) is 14.6. The lowest BCUT2D eigenvalue weighted by atomic mass is 10.1. The van der Waals surface area contributed by atoms with Gasteiger partial charge in [-0.1, -0.05) is 6.07 Å². The highest BCUT2D eigenvalue weighted by Crippen LogP contribution is 2.46. The van der Waals surface area contributed by atoms with Crippen LogP contribution in [0.1, 0.15) is 24.0 Å². The number of carbonyl (C=O) groups is 1. The molecule has 0 aliphatic heterocycles. The molecule has 4 aromatic rings. The summed E-state index contributed by atoms with van der Waals surface area (Å²) in [6.07, 6.45) is -3.45. The molecule has 0 radical (unpaired) electrons. The molecule has 1 aliphatic carbocycles. The van der Waals surface area contributed by atoms with Gasteiger partial charge < -0.3 is 14.8 Å². The third kappa shape index (κ3) is 4.76. The number of hydrogen-bond acceptors (Lipinski definition) is 6. The zero-order valence-electron chi connectivity index (χ0n) is 19.3. The molecule has 1 saturated carbocycles. The number of furan rings is 1. The van der Waals surface area contributed by atoms with E-state index in [0.717, 1.165) is 16.4 Å². The van der Waals surface area contributed by atoms with E-state index in [2.05, 4.69) is 10.3 Å². The Morgan fingerprint density at radius 2 is 1.87 bits per heavy atom. The number of benzene rings is 2. The SMILES string of the molecule is O=C(NCc1ccc(O)c(-c2ccc(C(F)(F)F)cn2)c1)C1(N(c2cc3cc(F)ccc3o2)[SH](=O)=O)CC1. The second-order valence-electron chi connectivity index (χ2n) is 8.81. The van der Waals surface area contributed by atoms with Crippen LogP contribution in [-0.4, -0.2) is 30.0 Å². The molecule has 38 heavy (non-hydrogen) atoms. The first-order valence-corrected chi connectivity index (χ1v) is 12.4. The predicted octanol–water partition coefficient (Wildman–Crippen LogP) is 4.54. The molecule has 0 atom stereocenters. The average molecular weight is 550 g/mol. The molecule has 1 amide bonds. The van der Waals surface area contributed by atoms with Crippen molar-refractivity contribution in [1.82, 2.24) is 10.3 Å². The highest BCUT2D eigenvalue weighted by Gasteiger charge is 2.57. The molecule has 0 saturated heterocycles. The number of fused-ring (bicyclic) bond motifs is 1.